The summed E-state index contributed by atoms with van der Waals surface area (Å²) in [6.07, 6.45) is 3.08. The summed E-state index contributed by atoms with van der Waals surface area (Å²) in [4.78, 5) is 30.5. The number of nitrogens with zero attached hydrogens (tertiary/aromatic N) is 2. The maximum atomic E-state index is 14.3. The van der Waals surface area contributed by atoms with E-state index in [-0.39, 0.29) is 17.6 Å². The number of benzene rings is 2. The third kappa shape index (κ3) is 6.50. The molecule has 1 N–H and O–H groups in total. The van der Waals surface area contributed by atoms with Gasteiger partial charge in [0.2, 0.25) is 5.91 Å². The molecule has 37 heavy (non-hydrogen) atoms. The summed E-state index contributed by atoms with van der Waals surface area (Å²) in [5.41, 5.74) is 2.17. The van der Waals surface area contributed by atoms with E-state index >= 15 is 0 Å². The fourth-order valence-corrected chi connectivity index (χ4v) is 5.30. The van der Waals surface area contributed by atoms with Crippen LogP contribution in [-0.4, -0.2) is 60.4 Å². The van der Waals surface area contributed by atoms with E-state index in [0.29, 0.717) is 31.7 Å². The number of amides is 2. The van der Waals surface area contributed by atoms with Crippen molar-refractivity contribution in [1.29, 1.82) is 0 Å². The topological polar surface area (TPSA) is 61.9 Å². The van der Waals surface area contributed by atoms with Crippen molar-refractivity contribution in [3.05, 3.63) is 65.0 Å². The number of likely N-dealkylation sites (tertiary alicyclic amines) is 1. The highest BCUT2D eigenvalue weighted by Crippen LogP contribution is 2.39. The van der Waals surface area contributed by atoms with Crippen LogP contribution in [0.5, 0.6) is 5.75 Å². The van der Waals surface area contributed by atoms with Gasteiger partial charge in [-0.3, -0.25) is 9.59 Å². The van der Waals surface area contributed by atoms with Crippen LogP contribution in [-0.2, 0) is 16.0 Å². The number of carbonyl (C=O) groups excluding carboxylic acids is 2. The zero-order chi connectivity index (χ0) is 26.6. The van der Waals surface area contributed by atoms with Crippen molar-refractivity contribution < 1.29 is 18.7 Å². The molecule has 2 aliphatic rings. The van der Waals surface area contributed by atoms with Crippen LogP contribution >= 0.6 is 0 Å². The van der Waals surface area contributed by atoms with E-state index in [9.17, 15) is 14.0 Å². The van der Waals surface area contributed by atoms with Gasteiger partial charge in [0, 0.05) is 25.0 Å². The van der Waals surface area contributed by atoms with Crippen molar-refractivity contribution in [1.82, 2.24) is 15.1 Å². The summed E-state index contributed by atoms with van der Waals surface area (Å²) in [6.45, 7) is 11.9. The quantitative estimate of drug-likeness (QED) is 0.560. The Morgan fingerprint density at radius 2 is 1.86 bits per heavy atom. The van der Waals surface area contributed by atoms with E-state index in [4.69, 9.17) is 4.74 Å². The van der Waals surface area contributed by atoms with E-state index in [2.05, 4.69) is 10.2 Å². The zero-order valence-electron chi connectivity index (χ0n) is 22.6. The third-order valence-corrected chi connectivity index (χ3v) is 7.28. The van der Waals surface area contributed by atoms with Gasteiger partial charge in [0.1, 0.15) is 11.6 Å². The van der Waals surface area contributed by atoms with Crippen LogP contribution in [0.2, 0.25) is 0 Å². The lowest BCUT2D eigenvalue weighted by Crippen LogP contribution is -2.45. The van der Waals surface area contributed by atoms with Gasteiger partial charge in [-0.2, -0.15) is 0 Å². The standard InChI is InChI=1S/C30H40FN3O3/c1-5-26(28(35)32-14-18-33-15-6-7-16-33)37-24-12-11-21-13-17-34(29(36)30(2,3)4)27(25(21)20-24)22-9-8-10-23(31)19-22/h8-12,19-20,26-27H,5-7,13-18H2,1-4H3,(H,32,35). The van der Waals surface area contributed by atoms with Crippen LogP contribution in [0.25, 0.3) is 0 Å². The van der Waals surface area contributed by atoms with Crippen molar-refractivity contribution in [2.24, 2.45) is 5.41 Å². The summed E-state index contributed by atoms with van der Waals surface area (Å²) in [5.74, 6) is 0.136. The van der Waals surface area contributed by atoms with Gasteiger partial charge in [-0.1, -0.05) is 45.9 Å². The van der Waals surface area contributed by atoms with Gasteiger partial charge in [0.05, 0.1) is 6.04 Å². The average Bonchev–Trinajstić information content (AvgIpc) is 3.39. The largest absolute Gasteiger partial charge is 0.481 e. The first kappa shape index (κ1) is 27.1. The monoisotopic (exact) mass is 509 g/mol. The van der Waals surface area contributed by atoms with Crippen molar-refractivity contribution in [2.75, 3.05) is 32.7 Å². The highest BCUT2D eigenvalue weighted by atomic mass is 19.1. The molecule has 2 atom stereocenters. The van der Waals surface area contributed by atoms with E-state index in [1.807, 2.05) is 56.9 Å². The Morgan fingerprint density at radius 3 is 2.54 bits per heavy atom. The fourth-order valence-electron chi connectivity index (χ4n) is 5.30. The average molecular weight is 510 g/mol. The van der Waals surface area contributed by atoms with Crippen LogP contribution in [0, 0.1) is 11.2 Å². The van der Waals surface area contributed by atoms with Crippen LogP contribution in [0.4, 0.5) is 4.39 Å². The molecule has 4 rings (SSSR count). The Labute approximate surface area is 220 Å². The van der Waals surface area contributed by atoms with Gasteiger partial charge < -0.3 is 19.9 Å². The van der Waals surface area contributed by atoms with Gasteiger partial charge in [-0.25, -0.2) is 4.39 Å². The second kappa shape index (κ2) is 11.6. The highest BCUT2D eigenvalue weighted by Gasteiger charge is 2.37. The first-order valence-electron chi connectivity index (χ1n) is 13.5. The maximum absolute atomic E-state index is 14.3. The number of hydrogen-bond donors (Lipinski definition) is 1. The number of nitrogens with one attached hydrogen (secondary N) is 1. The van der Waals surface area contributed by atoms with E-state index in [1.165, 1.54) is 25.0 Å². The molecule has 2 unspecified atom stereocenters. The number of fused-ring (bicyclic) bond motifs is 1. The van der Waals surface area contributed by atoms with Crippen LogP contribution in [0.3, 0.4) is 0 Å². The molecule has 2 aromatic rings. The van der Waals surface area contributed by atoms with Crippen molar-refractivity contribution in [3.8, 4) is 5.75 Å². The molecule has 2 aromatic carbocycles. The van der Waals surface area contributed by atoms with Crippen LogP contribution < -0.4 is 10.1 Å². The number of halogens is 1. The van der Waals surface area contributed by atoms with E-state index in [0.717, 1.165) is 36.3 Å². The molecule has 6 nitrogen and oxygen atoms in total. The third-order valence-electron chi connectivity index (χ3n) is 7.28. The minimum Gasteiger partial charge on any atom is -0.481 e. The van der Waals surface area contributed by atoms with Crippen molar-refractivity contribution >= 4 is 11.8 Å². The lowest BCUT2D eigenvalue weighted by atomic mass is 9.85. The predicted molar refractivity (Wildman–Crippen MR) is 143 cm³/mol. The molecule has 0 bridgehead atoms. The minimum atomic E-state index is -0.611. The minimum absolute atomic E-state index is 0.0162. The van der Waals surface area contributed by atoms with Crippen molar-refractivity contribution in [3.63, 3.8) is 0 Å². The van der Waals surface area contributed by atoms with Gasteiger partial charge in [0.25, 0.3) is 5.91 Å². The first-order chi connectivity index (χ1) is 17.7. The van der Waals surface area contributed by atoms with Crippen molar-refractivity contribution in [2.45, 2.75) is 65.5 Å². The smallest absolute Gasteiger partial charge is 0.261 e. The Kier molecular flexibility index (Phi) is 8.53. The molecule has 0 aliphatic carbocycles. The Balaban J connectivity index is 1.56. The predicted octanol–water partition coefficient (Wildman–Crippen LogP) is 4.72. The molecule has 0 aromatic heterocycles. The lowest BCUT2D eigenvalue weighted by molar-refractivity contribution is -0.141. The molecule has 2 heterocycles. The number of rotatable bonds is 8. The first-order valence-corrected chi connectivity index (χ1v) is 13.5. The molecular formula is C30H40FN3O3. The molecule has 1 fully saturated rings. The second-order valence-corrected chi connectivity index (χ2v) is 11.2. The molecule has 7 heteroatoms. The van der Waals surface area contributed by atoms with Gasteiger partial charge in [-0.15, -0.1) is 0 Å². The van der Waals surface area contributed by atoms with Gasteiger partial charge >= 0.3 is 0 Å². The van der Waals surface area contributed by atoms with Gasteiger partial charge in [0.15, 0.2) is 6.10 Å². The number of hydrogen-bond acceptors (Lipinski definition) is 4. The maximum Gasteiger partial charge on any atom is 0.261 e. The number of carbonyl (C=O) groups is 2. The molecule has 0 saturated carbocycles. The SMILES string of the molecule is CCC(Oc1ccc2c(c1)C(c1cccc(F)c1)N(C(=O)C(C)(C)C)CC2)C(=O)NCCN1CCCC1. The van der Waals surface area contributed by atoms with Gasteiger partial charge in [-0.05, 0) is 79.7 Å². The molecule has 0 spiro atoms. The summed E-state index contributed by atoms with van der Waals surface area (Å²) in [6, 6.07) is 11.9. The summed E-state index contributed by atoms with van der Waals surface area (Å²) in [7, 11) is 0. The molecule has 200 valence electrons. The van der Waals surface area contributed by atoms with Crippen LogP contribution in [0.1, 0.15) is 69.7 Å². The Morgan fingerprint density at radius 1 is 1.11 bits per heavy atom. The lowest BCUT2D eigenvalue weighted by Gasteiger charge is -2.41. The molecular weight excluding hydrogens is 469 g/mol. The summed E-state index contributed by atoms with van der Waals surface area (Å²) < 4.78 is 20.5. The van der Waals surface area contributed by atoms with E-state index in [1.54, 1.807) is 6.07 Å². The Bertz CT molecular complexity index is 1110. The molecule has 0 radical (unpaired) electrons. The second-order valence-electron chi connectivity index (χ2n) is 11.2. The highest BCUT2D eigenvalue weighted by molar-refractivity contribution is 5.83. The molecule has 2 amide bonds. The van der Waals surface area contributed by atoms with Crippen LogP contribution in [0.15, 0.2) is 42.5 Å². The molecule has 2 aliphatic heterocycles. The fraction of sp³-hybridized carbons (Fsp3) is 0.533. The summed E-state index contributed by atoms with van der Waals surface area (Å²) in [5, 5.41) is 3.02. The zero-order valence-corrected chi connectivity index (χ0v) is 22.6. The summed E-state index contributed by atoms with van der Waals surface area (Å²) >= 11 is 0. The van der Waals surface area contributed by atoms with E-state index < -0.39 is 17.6 Å². The normalized spacial score (nSPS) is 18.8. The Hall–Kier alpha value is -2.93. The number of ether oxygens (including phenoxy) is 1. The molecule has 1 saturated heterocycles.